The van der Waals surface area contributed by atoms with Crippen LogP contribution in [-0.2, 0) is 0 Å². The Morgan fingerprint density at radius 2 is 2.00 bits per heavy atom. The molecule has 2 aromatic carbocycles. The maximum Gasteiger partial charge on any atom is 0.257 e. The van der Waals surface area contributed by atoms with Crippen LogP contribution in [0.2, 0.25) is 5.02 Å². The molecule has 0 aliphatic carbocycles. The zero-order valence-electron chi connectivity index (χ0n) is 10.9. The molecule has 7 heteroatoms. The van der Waals surface area contributed by atoms with Gasteiger partial charge in [0, 0.05) is 15.2 Å². The number of nitrogen functional groups attached to an aromatic ring is 1. The van der Waals surface area contributed by atoms with Gasteiger partial charge in [0.2, 0.25) is 0 Å². The van der Waals surface area contributed by atoms with Gasteiger partial charge in [0.05, 0.1) is 22.8 Å². The lowest BCUT2D eigenvalue weighted by molar-refractivity contribution is 0.102. The number of carbonyl (C=O) groups excluding carboxylic acids is 1. The first-order valence-electron chi connectivity index (χ1n) is 5.81. The first kappa shape index (κ1) is 16.1. The fourth-order valence-corrected chi connectivity index (χ4v) is 3.11. The van der Waals surface area contributed by atoms with E-state index in [1.54, 1.807) is 30.3 Å². The van der Waals surface area contributed by atoms with Crippen LogP contribution in [0.5, 0.6) is 5.75 Å². The van der Waals surface area contributed by atoms with E-state index in [0.717, 1.165) is 4.47 Å². The van der Waals surface area contributed by atoms with Crippen molar-refractivity contribution in [2.75, 3.05) is 18.2 Å². The molecule has 2 aromatic rings. The van der Waals surface area contributed by atoms with Crippen LogP contribution >= 0.6 is 43.5 Å². The Labute approximate surface area is 143 Å². The van der Waals surface area contributed by atoms with E-state index in [-0.39, 0.29) is 5.91 Å². The van der Waals surface area contributed by atoms with Gasteiger partial charge < -0.3 is 15.8 Å². The Hall–Kier alpha value is -1.24. The van der Waals surface area contributed by atoms with E-state index in [1.165, 1.54) is 7.11 Å². The van der Waals surface area contributed by atoms with Crippen molar-refractivity contribution in [1.29, 1.82) is 0 Å². The van der Waals surface area contributed by atoms with Crippen LogP contribution in [-0.4, -0.2) is 13.0 Å². The summed E-state index contributed by atoms with van der Waals surface area (Å²) < 4.78 is 6.67. The summed E-state index contributed by atoms with van der Waals surface area (Å²) in [5, 5.41) is 3.22. The highest BCUT2D eigenvalue weighted by atomic mass is 79.9. The van der Waals surface area contributed by atoms with Gasteiger partial charge in [0.15, 0.2) is 5.75 Å². The first-order chi connectivity index (χ1) is 9.92. The Bertz CT molecular complexity index is 708. The number of carbonyl (C=O) groups is 1. The Kier molecular flexibility index (Phi) is 5.13. The highest BCUT2D eigenvalue weighted by molar-refractivity contribution is 9.10. The second-order valence-corrected chi connectivity index (χ2v) is 6.36. The maximum atomic E-state index is 12.4. The average Bonchev–Trinajstić information content (AvgIpc) is 2.41. The molecule has 1 amide bonds. The van der Waals surface area contributed by atoms with Crippen molar-refractivity contribution < 1.29 is 9.53 Å². The number of methoxy groups -OCH3 is 1. The van der Waals surface area contributed by atoms with Gasteiger partial charge in [-0.3, -0.25) is 4.79 Å². The van der Waals surface area contributed by atoms with Crippen molar-refractivity contribution in [3.05, 3.63) is 49.9 Å². The number of hydrogen-bond donors (Lipinski definition) is 2. The fourth-order valence-electron chi connectivity index (χ4n) is 1.78. The number of nitrogens with two attached hydrogens (primary N) is 1. The van der Waals surface area contributed by atoms with Crippen molar-refractivity contribution in [2.45, 2.75) is 0 Å². The summed E-state index contributed by atoms with van der Waals surface area (Å²) >= 11 is 12.6. The van der Waals surface area contributed by atoms with E-state index in [2.05, 4.69) is 37.2 Å². The number of hydrogen-bond acceptors (Lipinski definition) is 3. The quantitative estimate of drug-likeness (QED) is 0.688. The molecule has 0 heterocycles. The number of anilines is 2. The second kappa shape index (κ2) is 6.68. The minimum atomic E-state index is -0.346. The van der Waals surface area contributed by atoms with Gasteiger partial charge in [-0.1, -0.05) is 27.5 Å². The number of halogens is 3. The Morgan fingerprint density at radius 1 is 1.29 bits per heavy atom. The van der Waals surface area contributed by atoms with Crippen LogP contribution in [0.3, 0.4) is 0 Å². The average molecular weight is 435 g/mol. The summed E-state index contributed by atoms with van der Waals surface area (Å²) in [7, 11) is 1.51. The minimum absolute atomic E-state index is 0.346. The maximum absolute atomic E-state index is 12.4. The van der Waals surface area contributed by atoms with Crippen molar-refractivity contribution in [1.82, 2.24) is 0 Å². The van der Waals surface area contributed by atoms with Crippen LogP contribution in [0, 0.1) is 0 Å². The minimum Gasteiger partial charge on any atom is -0.493 e. The molecular formula is C14H11Br2ClN2O2. The molecule has 0 fully saturated rings. The molecule has 0 aromatic heterocycles. The Morgan fingerprint density at radius 3 is 2.67 bits per heavy atom. The smallest absolute Gasteiger partial charge is 0.257 e. The molecule has 3 N–H and O–H groups in total. The lowest BCUT2D eigenvalue weighted by atomic mass is 10.1. The molecule has 0 saturated heterocycles. The summed E-state index contributed by atoms with van der Waals surface area (Å²) in [6, 6.07) is 8.37. The molecule has 0 unspecified atom stereocenters. The number of amides is 1. The molecule has 2 rings (SSSR count). The third kappa shape index (κ3) is 3.70. The molecule has 0 radical (unpaired) electrons. The molecule has 110 valence electrons. The van der Waals surface area contributed by atoms with Crippen LogP contribution in [0.15, 0.2) is 39.3 Å². The first-order valence-corrected chi connectivity index (χ1v) is 7.78. The molecule has 0 aliphatic heterocycles. The number of ether oxygens (including phenoxy) is 1. The lowest BCUT2D eigenvalue weighted by Crippen LogP contribution is -2.14. The van der Waals surface area contributed by atoms with Crippen molar-refractivity contribution in [3.8, 4) is 5.75 Å². The zero-order chi connectivity index (χ0) is 15.6. The van der Waals surface area contributed by atoms with Crippen LogP contribution in [0.25, 0.3) is 0 Å². The van der Waals surface area contributed by atoms with Gasteiger partial charge in [0.1, 0.15) is 0 Å². The van der Waals surface area contributed by atoms with E-state index < -0.39 is 0 Å². The summed E-state index contributed by atoms with van der Waals surface area (Å²) in [5.74, 6) is 0.141. The van der Waals surface area contributed by atoms with Crippen molar-refractivity contribution in [2.24, 2.45) is 0 Å². The zero-order valence-corrected chi connectivity index (χ0v) is 14.8. The van der Waals surface area contributed by atoms with Crippen LogP contribution < -0.4 is 15.8 Å². The largest absolute Gasteiger partial charge is 0.493 e. The molecule has 0 saturated carbocycles. The van der Waals surface area contributed by atoms with E-state index in [9.17, 15) is 4.79 Å². The number of benzene rings is 2. The summed E-state index contributed by atoms with van der Waals surface area (Å²) in [4.78, 5) is 12.4. The summed E-state index contributed by atoms with van der Waals surface area (Å²) in [6.45, 7) is 0. The van der Waals surface area contributed by atoms with Crippen molar-refractivity contribution in [3.63, 3.8) is 0 Å². The number of rotatable bonds is 3. The van der Waals surface area contributed by atoms with E-state index >= 15 is 0 Å². The van der Waals surface area contributed by atoms with Gasteiger partial charge in [-0.15, -0.1) is 0 Å². The third-order valence-corrected chi connectivity index (χ3v) is 4.02. The van der Waals surface area contributed by atoms with Gasteiger partial charge in [0.25, 0.3) is 5.91 Å². The fraction of sp³-hybridized carbons (Fsp3) is 0.0714. The standard InChI is InChI=1S/C14H11Br2ClN2O2/c1-21-13-10(16)5-8(17)6-12(13)19-14(20)9-4-7(15)2-3-11(9)18/h2-6H,18H2,1H3,(H,19,20). The van der Waals surface area contributed by atoms with E-state index in [0.29, 0.717) is 32.2 Å². The van der Waals surface area contributed by atoms with Crippen molar-refractivity contribution >= 4 is 60.7 Å². The van der Waals surface area contributed by atoms with Crippen LogP contribution in [0.1, 0.15) is 10.4 Å². The second-order valence-electron chi connectivity index (χ2n) is 4.15. The SMILES string of the molecule is COc1c(Br)cc(Cl)cc1NC(=O)c1cc(Br)ccc1N. The summed E-state index contributed by atoms with van der Waals surface area (Å²) in [5.41, 5.74) is 7.03. The molecule has 21 heavy (non-hydrogen) atoms. The van der Waals surface area contributed by atoms with Gasteiger partial charge >= 0.3 is 0 Å². The Balaban J connectivity index is 2.38. The molecule has 4 nitrogen and oxygen atoms in total. The highest BCUT2D eigenvalue weighted by Crippen LogP contribution is 2.36. The molecule has 0 spiro atoms. The van der Waals surface area contributed by atoms with Gasteiger partial charge in [-0.05, 0) is 46.3 Å². The van der Waals surface area contributed by atoms with E-state index in [1.807, 2.05) is 0 Å². The predicted molar refractivity (Wildman–Crippen MR) is 92.2 cm³/mol. The normalized spacial score (nSPS) is 10.3. The number of nitrogens with one attached hydrogen (secondary N) is 1. The highest BCUT2D eigenvalue weighted by Gasteiger charge is 2.15. The third-order valence-electron chi connectivity index (χ3n) is 2.72. The topological polar surface area (TPSA) is 64.3 Å². The lowest BCUT2D eigenvalue weighted by Gasteiger charge is -2.13. The molecule has 0 aliphatic rings. The van der Waals surface area contributed by atoms with Gasteiger partial charge in [-0.25, -0.2) is 0 Å². The van der Waals surface area contributed by atoms with Crippen LogP contribution in [0.4, 0.5) is 11.4 Å². The van der Waals surface area contributed by atoms with Gasteiger partial charge in [-0.2, -0.15) is 0 Å². The molecule has 0 atom stereocenters. The molecular weight excluding hydrogens is 423 g/mol. The predicted octanol–water partition coefficient (Wildman–Crippen LogP) is 4.71. The monoisotopic (exact) mass is 432 g/mol. The molecule has 0 bridgehead atoms. The van der Waals surface area contributed by atoms with E-state index in [4.69, 9.17) is 22.1 Å². The summed E-state index contributed by atoms with van der Waals surface area (Å²) in [6.07, 6.45) is 0.